The van der Waals surface area contributed by atoms with Gasteiger partial charge in [0.25, 0.3) is 0 Å². The fraction of sp³-hybridized carbons (Fsp3) is 0.933. The van der Waals surface area contributed by atoms with Crippen LogP contribution in [0.3, 0.4) is 0 Å². The zero-order valence-electron chi connectivity index (χ0n) is 36.5. The van der Waals surface area contributed by atoms with Gasteiger partial charge in [-0.25, -0.2) is 4.57 Å². The highest BCUT2D eigenvalue weighted by Gasteiger charge is 2.26. The number of carbonyl (C=O) groups is 1. The molecule has 0 saturated carbocycles. The van der Waals surface area contributed by atoms with Gasteiger partial charge in [0.2, 0.25) is 0 Å². The van der Waals surface area contributed by atoms with Gasteiger partial charge < -0.3 is 18.9 Å². The second-order valence-electron chi connectivity index (χ2n) is 16.8. The van der Waals surface area contributed by atoms with Gasteiger partial charge in [0.05, 0.1) is 34.4 Å². The van der Waals surface area contributed by atoms with E-state index in [-0.39, 0.29) is 25.8 Å². The van der Waals surface area contributed by atoms with Crippen molar-refractivity contribution in [3.05, 3.63) is 12.2 Å². The smallest absolute Gasteiger partial charge is 0.457 e. The van der Waals surface area contributed by atoms with Crippen molar-refractivity contribution in [2.24, 2.45) is 0 Å². The first-order valence-electron chi connectivity index (χ1n) is 22.9. The van der Waals surface area contributed by atoms with Crippen LogP contribution in [0, 0.1) is 0 Å². The summed E-state index contributed by atoms with van der Waals surface area (Å²) in [5.41, 5.74) is 0. The predicted octanol–water partition coefficient (Wildman–Crippen LogP) is 13.4. The fourth-order valence-corrected chi connectivity index (χ4v) is 7.23. The molecule has 8 nitrogen and oxygen atoms in total. The maximum absolute atomic E-state index is 12.7. The quantitative estimate of drug-likeness (QED) is 0.0216. The fourth-order valence-electron chi connectivity index (χ4n) is 6.49. The highest BCUT2D eigenvalue weighted by atomic mass is 31.2. The third-order valence-electron chi connectivity index (χ3n) is 10.1. The van der Waals surface area contributed by atoms with Gasteiger partial charge in [-0.2, -0.15) is 0 Å². The lowest BCUT2D eigenvalue weighted by Gasteiger charge is -2.24. The lowest BCUT2D eigenvalue weighted by molar-refractivity contribution is -0.870. The number of phosphoric ester groups is 1. The topological polar surface area (TPSA) is 91.3 Å². The van der Waals surface area contributed by atoms with Gasteiger partial charge in [-0.1, -0.05) is 180 Å². The number of ether oxygens (including phenoxy) is 2. The molecule has 0 aromatic rings. The molecule has 9 heteroatoms. The molecule has 0 aromatic carbocycles. The average molecular weight is 789 g/mol. The lowest BCUT2D eigenvalue weighted by atomic mass is 10.0. The normalized spacial score (nSPS) is 13.8. The Morgan fingerprint density at radius 1 is 0.556 bits per heavy atom. The molecule has 0 aliphatic rings. The van der Waals surface area contributed by atoms with Crippen LogP contribution >= 0.6 is 7.82 Å². The first-order chi connectivity index (χ1) is 26.1. The Kier molecular flexibility index (Phi) is 38.5. The molecule has 0 saturated heterocycles. The maximum atomic E-state index is 12.7. The van der Waals surface area contributed by atoms with E-state index in [1.54, 1.807) is 0 Å². The zero-order valence-corrected chi connectivity index (χ0v) is 37.4. The third-order valence-corrected chi connectivity index (χ3v) is 11.1. The van der Waals surface area contributed by atoms with Gasteiger partial charge in [-0.3, -0.25) is 13.8 Å². The van der Waals surface area contributed by atoms with Crippen LogP contribution < -0.4 is 0 Å². The first-order valence-corrected chi connectivity index (χ1v) is 24.4. The van der Waals surface area contributed by atoms with E-state index >= 15 is 0 Å². The Balaban J connectivity index is 4.19. The number of unbranched alkanes of at least 4 members (excludes halogenated alkanes) is 27. The van der Waals surface area contributed by atoms with E-state index in [0.717, 1.165) is 32.1 Å². The summed E-state index contributed by atoms with van der Waals surface area (Å²) >= 11 is 0. The Labute approximate surface area is 335 Å². The molecule has 0 heterocycles. The van der Waals surface area contributed by atoms with Crippen molar-refractivity contribution in [2.75, 3.05) is 54.1 Å². The van der Waals surface area contributed by atoms with Gasteiger partial charge in [-0.05, 0) is 38.5 Å². The van der Waals surface area contributed by atoms with Gasteiger partial charge in [0.15, 0.2) is 0 Å². The van der Waals surface area contributed by atoms with Gasteiger partial charge in [-0.15, -0.1) is 0 Å². The van der Waals surface area contributed by atoms with Crippen molar-refractivity contribution in [3.8, 4) is 0 Å². The van der Waals surface area contributed by atoms with Crippen molar-refractivity contribution in [1.82, 2.24) is 0 Å². The van der Waals surface area contributed by atoms with E-state index in [1.807, 2.05) is 21.1 Å². The van der Waals surface area contributed by atoms with Crippen LogP contribution in [0.4, 0.5) is 0 Å². The van der Waals surface area contributed by atoms with E-state index in [2.05, 4.69) is 26.0 Å². The van der Waals surface area contributed by atoms with Gasteiger partial charge >= 0.3 is 13.8 Å². The molecule has 0 radical (unpaired) electrons. The molecule has 0 aliphatic carbocycles. The van der Waals surface area contributed by atoms with Crippen LogP contribution in [-0.4, -0.2) is 75.6 Å². The molecule has 2 atom stereocenters. The second-order valence-corrected chi connectivity index (χ2v) is 18.2. The standard InChI is InChI=1S/C45H90NO7P/c1-6-8-10-12-14-16-18-20-22-23-24-26-28-30-32-34-36-38-45(47)53-44(43-52-54(48,49)51-41-39-46(3,4)5)42-50-40-37-35-33-31-29-27-25-21-19-17-15-13-11-9-7-2/h20,22,44H,6-19,21,23-43H2,1-5H3/p+1/b22-20-. The number of likely N-dealkylation sites (N-methyl/N-ethyl adjacent to an activating group) is 1. The third kappa shape index (κ3) is 42.4. The number of quaternary nitrogens is 1. The van der Waals surface area contributed by atoms with E-state index in [4.69, 9.17) is 18.5 Å². The molecule has 54 heavy (non-hydrogen) atoms. The molecule has 1 N–H and O–H groups in total. The van der Waals surface area contributed by atoms with E-state index in [0.29, 0.717) is 24.1 Å². The molecule has 2 unspecified atom stereocenters. The summed E-state index contributed by atoms with van der Waals surface area (Å²) in [6.45, 7) is 5.66. The Morgan fingerprint density at radius 3 is 1.41 bits per heavy atom. The summed E-state index contributed by atoms with van der Waals surface area (Å²) in [5.74, 6) is -0.314. The Morgan fingerprint density at radius 2 is 0.963 bits per heavy atom. The van der Waals surface area contributed by atoms with Crippen LogP contribution in [0.1, 0.15) is 213 Å². The van der Waals surface area contributed by atoms with Crippen LogP contribution in [-0.2, 0) is 27.9 Å². The average Bonchev–Trinajstić information content (AvgIpc) is 3.12. The minimum absolute atomic E-state index is 0.0911. The number of allylic oxidation sites excluding steroid dienone is 2. The molecule has 322 valence electrons. The summed E-state index contributed by atoms with van der Waals surface area (Å²) in [6.07, 6.45) is 42.4. The van der Waals surface area contributed by atoms with E-state index in [1.165, 1.54) is 161 Å². The van der Waals surface area contributed by atoms with Gasteiger partial charge in [0.1, 0.15) is 19.3 Å². The maximum Gasteiger partial charge on any atom is 0.472 e. The minimum atomic E-state index is -4.27. The summed E-state index contributed by atoms with van der Waals surface area (Å²) in [5, 5.41) is 0. The SMILES string of the molecule is CCCCCCCC/C=C\CCCCCCCCCC(=O)OC(COCCCCCCCCCCCCCCCCC)COP(=O)(O)OCC[N+](C)(C)C. The van der Waals surface area contributed by atoms with Crippen molar-refractivity contribution in [1.29, 1.82) is 0 Å². The molecule has 0 bridgehead atoms. The number of hydrogen-bond donors (Lipinski definition) is 1. The minimum Gasteiger partial charge on any atom is -0.457 e. The first kappa shape index (κ1) is 53.2. The Hall–Kier alpha value is -0.760. The molecular formula is C45H91NO7P+. The molecule has 0 aromatic heterocycles. The number of nitrogens with zero attached hydrogens (tertiary/aromatic N) is 1. The summed E-state index contributed by atoms with van der Waals surface area (Å²) in [4.78, 5) is 22.9. The molecule has 0 aliphatic heterocycles. The molecule has 0 fully saturated rings. The van der Waals surface area contributed by atoms with Crippen molar-refractivity contribution in [3.63, 3.8) is 0 Å². The van der Waals surface area contributed by atoms with Crippen molar-refractivity contribution in [2.45, 2.75) is 219 Å². The predicted molar refractivity (Wildman–Crippen MR) is 229 cm³/mol. The number of carbonyl (C=O) groups excluding carboxylic acids is 1. The van der Waals surface area contributed by atoms with Crippen LogP contribution in [0.25, 0.3) is 0 Å². The Bertz CT molecular complexity index is 879. The summed E-state index contributed by atoms with van der Waals surface area (Å²) in [6, 6.07) is 0. The number of phosphoric acid groups is 1. The van der Waals surface area contributed by atoms with E-state index < -0.39 is 13.9 Å². The summed E-state index contributed by atoms with van der Waals surface area (Å²) in [7, 11) is 1.68. The number of hydrogen-bond acceptors (Lipinski definition) is 6. The number of esters is 1. The van der Waals surface area contributed by atoms with Crippen molar-refractivity contribution >= 4 is 13.8 Å². The van der Waals surface area contributed by atoms with Crippen LogP contribution in [0.15, 0.2) is 12.2 Å². The molecular weight excluding hydrogens is 697 g/mol. The van der Waals surface area contributed by atoms with E-state index in [9.17, 15) is 14.3 Å². The second kappa shape index (κ2) is 39.1. The highest BCUT2D eigenvalue weighted by molar-refractivity contribution is 7.47. The lowest BCUT2D eigenvalue weighted by Crippen LogP contribution is -2.37. The summed E-state index contributed by atoms with van der Waals surface area (Å²) < 4.78 is 35.0. The molecule has 0 rings (SSSR count). The number of rotatable bonds is 43. The van der Waals surface area contributed by atoms with Crippen LogP contribution in [0.5, 0.6) is 0 Å². The largest absolute Gasteiger partial charge is 0.472 e. The zero-order chi connectivity index (χ0) is 39.9. The molecule has 0 amide bonds. The highest BCUT2D eigenvalue weighted by Crippen LogP contribution is 2.43. The van der Waals surface area contributed by atoms with Crippen LogP contribution in [0.2, 0.25) is 0 Å². The molecule has 0 spiro atoms. The van der Waals surface area contributed by atoms with Crippen molar-refractivity contribution < 1.29 is 37.3 Å². The van der Waals surface area contributed by atoms with Gasteiger partial charge in [0, 0.05) is 13.0 Å². The monoisotopic (exact) mass is 789 g/mol.